The van der Waals surface area contributed by atoms with Crippen LogP contribution in [-0.4, -0.2) is 30.0 Å². The van der Waals surface area contributed by atoms with E-state index >= 15 is 0 Å². The number of carbonyl (C=O) groups is 1. The summed E-state index contributed by atoms with van der Waals surface area (Å²) >= 11 is 1.69. The maximum absolute atomic E-state index is 12.6. The van der Waals surface area contributed by atoms with Crippen molar-refractivity contribution in [3.8, 4) is 0 Å². The summed E-state index contributed by atoms with van der Waals surface area (Å²) in [6.45, 7) is 3.54. The monoisotopic (exact) mass is 456 g/mol. The van der Waals surface area contributed by atoms with E-state index < -0.39 is 10.0 Å². The van der Waals surface area contributed by atoms with E-state index in [0.717, 1.165) is 5.75 Å². The molecule has 0 aliphatic heterocycles. The fourth-order valence-corrected chi connectivity index (χ4v) is 4.67. The number of amides is 1. The van der Waals surface area contributed by atoms with Gasteiger partial charge in [-0.05, 0) is 49.7 Å². The molecule has 3 rings (SSSR count). The van der Waals surface area contributed by atoms with Crippen LogP contribution in [-0.2, 0) is 20.6 Å². The zero-order valence-electron chi connectivity index (χ0n) is 17.3. The van der Waals surface area contributed by atoms with E-state index in [-0.39, 0.29) is 16.8 Å². The fraction of sp³-hybridized carbons (Fsp3) is 0.227. The maximum atomic E-state index is 12.6. The number of nitrogens with one attached hydrogen (secondary N) is 2. The van der Waals surface area contributed by atoms with Crippen LogP contribution < -0.4 is 10.0 Å². The van der Waals surface area contributed by atoms with Crippen molar-refractivity contribution < 1.29 is 13.2 Å². The molecular formula is C22H24N4O3S2. The van der Waals surface area contributed by atoms with Gasteiger partial charge in [0.25, 0.3) is 10.0 Å². The number of aryl methyl sites for hydroxylation is 2. The maximum Gasteiger partial charge on any atom is 0.264 e. The van der Waals surface area contributed by atoms with Crippen LogP contribution in [0.5, 0.6) is 0 Å². The molecule has 31 heavy (non-hydrogen) atoms. The number of carbonyl (C=O) groups excluding carboxylic acids is 1. The smallest absolute Gasteiger partial charge is 0.264 e. The standard InChI is InChI=1S/C22H24N4O3S2/c1-16-14-17(2)24-22(23-16)26-31(28,29)20-10-8-19(9-11-20)25-21(27)12-13-30-15-18-6-4-3-5-7-18/h3-11,14H,12-13,15H2,1-2H3,(H,25,27)(H,23,24,26). The number of hydrogen-bond donors (Lipinski definition) is 2. The molecule has 0 aliphatic carbocycles. The van der Waals surface area contributed by atoms with Crippen LogP contribution in [0.3, 0.4) is 0 Å². The van der Waals surface area contributed by atoms with E-state index in [2.05, 4.69) is 32.1 Å². The van der Waals surface area contributed by atoms with Gasteiger partial charge >= 0.3 is 0 Å². The third-order valence-corrected chi connectivity index (χ3v) is 6.62. The lowest BCUT2D eigenvalue weighted by Gasteiger charge is -2.09. The second-order valence-electron chi connectivity index (χ2n) is 6.94. The first-order valence-corrected chi connectivity index (χ1v) is 12.3. The molecule has 0 radical (unpaired) electrons. The first-order valence-electron chi connectivity index (χ1n) is 9.68. The highest BCUT2D eigenvalue weighted by Gasteiger charge is 2.16. The molecule has 2 aromatic carbocycles. The predicted octanol–water partition coefficient (Wildman–Crippen LogP) is 4.16. The van der Waals surface area contributed by atoms with Crippen LogP contribution >= 0.6 is 11.8 Å². The van der Waals surface area contributed by atoms with Crippen molar-refractivity contribution in [2.75, 3.05) is 15.8 Å². The van der Waals surface area contributed by atoms with Gasteiger partial charge in [0.1, 0.15) is 0 Å². The number of sulfonamides is 1. The Morgan fingerprint density at radius 3 is 2.26 bits per heavy atom. The Bertz CT molecular complexity index is 1110. The van der Waals surface area contributed by atoms with E-state index in [1.54, 1.807) is 43.8 Å². The average Bonchev–Trinajstić information content (AvgIpc) is 2.71. The summed E-state index contributed by atoms with van der Waals surface area (Å²) in [7, 11) is -3.83. The summed E-state index contributed by atoms with van der Waals surface area (Å²) < 4.78 is 27.5. The second kappa shape index (κ2) is 10.4. The molecule has 9 heteroatoms. The lowest BCUT2D eigenvalue weighted by Crippen LogP contribution is -2.16. The van der Waals surface area contributed by atoms with Crippen LogP contribution in [0.25, 0.3) is 0 Å². The molecule has 0 bridgehead atoms. The van der Waals surface area contributed by atoms with Gasteiger partial charge in [-0.1, -0.05) is 30.3 Å². The molecule has 162 valence electrons. The minimum atomic E-state index is -3.83. The Kier molecular flexibility index (Phi) is 7.64. The lowest BCUT2D eigenvalue weighted by atomic mass is 10.2. The van der Waals surface area contributed by atoms with Crippen LogP contribution in [0.2, 0.25) is 0 Å². The van der Waals surface area contributed by atoms with Crippen LogP contribution in [0.1, 0.15) is 23.4 Å². The minimum absolute atomic E-state index is 0.0304. The normalized spacial score (nSPS) is 11.2. The summed E-state index contributed by atoms with van der Waals surface area (Å²) in [6.07, 6.45) is 0.378. The topological polar surface area (TPSA) is 101 Å². The molecule has 1 heterocycles. The highest BCUT2D eigenvalue weighted by molar-refractivity contribution is 7.98. The van der Waals surface area contributed by atoms with Crippen molar-refractivity contribution >= 4 is 39.3 Å². The van der Waals surface area contributed by atoms with Crippen LogP contribution in [0.15, 0.2) is 65.6 Å². The van der Waals surface area contributed by atoms with E-state index in [1.807, 2.05) is 18.2 Å². The highest BCUT2D eigenvalue weighted by Crippen LogP contribution is 2.18. The summed E-state index contributed by atoms with van der Waals surface area (Å²) in [5.74, 6) is 1.48. The number of benzene rings is 2. The van der Waals surface area contributed by atoms with Crippen LogP contribution in [0, 0.1) is 13.8 Å². The zero-order chi connectivity index (χ0) is 22.3. The second-order valence-corrected chi connectivity index (χ2v) is 9.73. The number of hydrogen-bond acceptors (Lipinski definition) is 6. The number of nitrogens with zero attached hydrogens (tertiary/aromatic N) is 2. The molecule has 0 spiro atoms. The zero-order valence-corrected chi connectivity index (χ0v) is 19.0. The molecule has 1 aromatic heterocycles. The van der Waals surface area contributed by atoms with Gasteiger partial charge in [0.2, 0.25) is 11.9 Å². The predicted molar refractivity (Wildman–Crippen MR) is 125 cm³/mol. The molecule has 0 atom stereocenters. The fourth-order valence-electron chi connectivity index (χ4n) is 2.82. The summed E-state index contributed by atoms with van der Waals surface area (Å²) in [6, 6.07) is 17.8. The van der Waals surface area contributed by atoms with E-state index in [1.165, 1.54) is 17.7 Å². The highest BCUT2D eigenvalue weighted by atomic mass is 32.2. The summed E-state index contributed by atoms with van der Waals surface area (Å²) in [5.41, 5.74) is 3.11. The van der Waals surface area contributed by atoms with E-state index in [4.69, 9.17) is 0 Å². The summed E-state index contributed by atoms with van der Waals surface area (Å²) in [5, 5.41) is 2.79. The van der Waals surface area contributed by atoms with Crippen molar-refractivity contribution in [3.05, 3.63) is 77.6 Å². The van der Waals surface area contributed by atoms with E-state index in [9.17, 15) is 13.2 Å². The van der Waals surface area contributed by atoms with Crippen molar-refractivity contribution in [2.24, 2.45) is 0 Å². The van der Waals surface area contributed by atoms with Crippen molar-refractivity contribution in [1.29, 1.82) is 0 Å². The first-order chi connectivity index (χ1) is 14.8. The van der Waals surface area contributed by atoms with Gasteiger partial charge < -0.3 is 5.32 Å². The van der Waals surface area contributed by atoms with Crippen molar-refractivity contribution in [3.63, 3.8) is 0 Å². The Hall–Kier alpha value is -2.91. The third kappa shape index (κ3) is 7.08. The van der Waals surface area contributed by atoms with Gasteiger partial charge in [0.05, 0.1) is 4.90 Å². The molecule has 2 N–H and O–H groups in total. The largest absolute Gasteiger partial charge is 0.326 e. The number of anilines is 2. The molecule has 0 aliphatic rings. The van der Waals surface area contributed by atoms with E-state index in [0.29, 0.717) is 29.2 Å². The minimum Gasteiger partial charge on any atom is -0.326 e. The third-order valence-electron chi connectivity index (χ3n) is 4.24. The molecule has 0 saturated heterocycles. The Balaban J connectivity index is 1.51. The van der Waals surface area contributed by atoms with Gasteiger partial charge in [-0.2, -0.15) is 11.8 Å². The van der Waals surface area contributed by atoms with Gasteiger partial charge in [0.15, 0.2) is 0 Å². The van der Waals surface area contributed by atoms with Gasteiger partial charge in [-0.25, -0.2) is 23.1 Å². The van der Waals surface area contributed by atoms with Crippen molar-refractivity contribution in [2.45, 2.75) is 30.9 Å². The molecule has 1 amide bonds. The Labute approximate surface area is 186 Å². The number of rotatable bonds is 9. The van der Waals surface area contributed by atoms with Crippen LogP contribution in [0.4, 0.5) is 11.6 Å². The molecule has 3 aromatic rings. The molecular weight excluding hydrogens is 432 g/mol. The SMILES string of the molecule is Cc1cc(C)nc(NS(=O)(=O)c2ccc(NC(=O)CCSCc3ccccc3)cc2)n1. The van der Waals surface area contributed by atoms with Gasteiger partial charge in [0, 0.05) is 35.0 Å². The Morgan fingerprint density at radius 1 is 0.968 bits per heavy atom. The average molecular weight is 457 g/mol. The van der Waals surface area contributed by atoms with Gasteiger partial charge in [-0.3, -0.25) is 4.79 Å². The molecule has 0 unspecified atom stereocenters. The van der Waals surface area contributed by atoms with Gasteiger partial charge in [-0.15, -0.1) is 0 Å². The molecule has 7 nitrogen and oxygen atoms in total. The number of thioether (sulfide) groups is 1. The summed E-state index contributed by atoms with van der Waals surface area (Å²) in [4.78, 5) is 20.4. The lowest BCUT2D eigenvalue weighted by molar-refractivity contribution is -0.115. The molecule has 0 saturated carbocycles. The Morgan fingerprint density at radius 2 is 1.61 bits per heavy atom. The van der Waals surface area contributed by atoms with Crippen molar-refractivity contribution in [1.82, 2.24) is 9.97 Å². The quantitative estimate of drug-likeness (QED) is 0.469. The first kappa shape index (κ1) is 22.8. The molecule has 0 fully saturated rings. The number of aromatic nitrogens is 2.